The van der Waals surface area contributed by atoms with E-state index in [1.807, 2.05) is 6.07 Å². The summed E-state index contributed by atoms with van der Waals surface area (Å²) in [5.74, 6) is -0.428. The van der Waals surface area contributed by atoms with E-state index in [1.165, 1.54) is 5.56 Å². The Morgan fingerprint density at radius 2 is 1.81 bits per heavy atom. The van der Waals surface area contributed by atoms with Crippen LogP contribution in [0.4, 0.5) is 0 Å². The summed E-state index contributed by atoms with van der Waals surface area (Å²) in [6.07, 6.45) is 4.41. The molecule has 5 rings (SSSR count). The Morgan fingerprint density at radius 3 is 2.55 bits per heavy atom. The van der Waals surface area contributed by atoms with Crippen molar-refractivity contribution in [2.24, 2.45) is 0 Å². The second kappa shape index (κ2) is 8.23. The molecule has 7 heteroatoms. The highest BCUT2D eigenvalue weighted by atomic mass is 16.2. The van der Waals surface area contributed by atoms with Gasteiger partial charge in [0, 0.05) is 37.3 Å². The summed E-state index contributed by atoms with van der Waals surface area (Å²) in [5, 5.41) is 2.35. The Bertz CT molecular complexity index is 1010. The number of amides is 3. The summed E-state index contributed by atoms with van der Waals surface area (Å²) in [4.78, 5) is 45.2. The first-order valence-corrected chi connectivity index (χ1v) is 11.0. The molecule has 2 saturated heterocycles. The third-order valence-corrected chi connectivity index (χ3v) is 6.68. The van der Waals surface area contributed by atoms with Crippen molar-refractivity contribution in [1.82, 2.24) is 20.1 Å². The van der Waals surface area contributed by atoms with E-state index in [0.717, 1.165) is 43.7 Å². The van der Waals surface area contributed by atoms with Crippen LogP contribution in [0.2, 0.25) is 0 Å². The summed E-state index contributed by atoms with van der Waals surface area (Å²) >= 11 is 0. The third kappa shape index (κ3) is 3.97. The van der Waals surface area contributed by atoms with Gasteiger partial charge in [0.2, 0.25) is 11.8 Å². The summed E-state index contributed by atoms with van der Waals surface area (Å²) < 4.78 is 0. The van der Waals surface area contributed by atoms with Gasteiger partial charge >= 0.3 is 0 Å². The molecule has 3 amide bonds. The highest BCUT2D eigenvalue weighted by Gasteiger charge is 2.39. The lowest BCUT2D eigenvalue weighted by Crippen LogP contribution is -2.52. The predicted molar refractivity (Wildman–Crippen MR) is 114 cm³/mol. The fourth-order valence-electron chi connectivity index (χ4n) is 4.93. The van der Waals surface area contributed by atoms with Gasteiger partial charge in [0.05, 0.1) is 5.56 Å². The average Bonchev–Trinajstić information content (AvgIpc) is 3.10. The SMILES string of the molecule is O=C1CCC(N2Cc3cc(C4CCN(Cc5ccccc5)CC4)ncc3C2=O)C(=O)N1. The maximum atomic E-state index is 12.8. The molecule has 0 spiro atoms. The molecule has 3 aliphatic rings. The van der Waals surface area contributed by atoms with Crippen LogP contribution in [0.15, 0.2) is 42.6 Å². The van der Waals surface area contributed by atoms with Crippen molar-refractivity contribution in [2.45, 2.75) is 50.7 Å². The number of pyridine rings is 1. The van der Waals surface area contributed by atoms with E-state index in [9.17, 15) is 14.4 Å². The molecule has 0 saturated carbocycles. The van der Waals surface area contributed by atoms with Gasteiger partial charge in [-0.1, -0.05) is 30.3 Å². The molecule has 2 aromatic rings. The van der Waals surface area contributed by atoms with Crippen molar-refractivity contribution >= 4 is 17.7 Å². The lowest BCUT2D eigenvalue weighted by molar-refractivity contribution is -0.136. The number of fused-ring (bicyclic) bond motifs is 1. The molecule has 31 heavy (non-hydrogen) atoms. The first-order chi connectivity index (χ1) is 15.1. The number of nitrogens with one attached hydrogen (secondary N) is 1. The number of nitrogens with zero attached hydrogens (tertiary/aromatic N) is 3. The van der Waals surface area contributed by atoms with Crippen LogP contribution in [0.25, 0.3) is 0 Å². The molecule has 4 heterocycles. The molecule has 3 aliphatic heterocycles. The van der Waals surface area contributed by atoms with Crippen LogP contribution >= 0.6 is 0 Å². The van der Waals surface area contributed by atoms with E-state index in [2.05, 4.69) is 45.5 Å². The normalized spacial score (nSPS) is 22.5. The Hall–Kier alpha value is -3.06. The minimum absolute atomic E-state index is 0.166. The van der Waals surface area contributed by atoms with Gasteiger partial charge in [-0.3, -0.25) is 29.6 Å². The summed E-state index contributed by atoms with van der Waals surface area (Å²) in [7, 11) is 0. The predicted octanol–water partition coefficient (Wildman–Crippen LogP) is 2.22. The number of hydrogen-bond acceptors (Lipinski definition) is 5. The van der Waals surface area contributed by atoms with E-state index >= 15 is 0 Å². The third-order valence-electron chi connectivity index (χ3n) is 6.68. The second-order valence-corrected chi connectivity index (χ2v) is 8.70. The smallest absolute Gasteiger partial charge is 0.256 e. The molecule has 0 aliphatic carbocycles. The van der Waals surface area contributed by atoms with Crippen LogP contribution in [0.5, 0.6) is 0 Å². The summed E-state index contributed by atoms with van der Waals surface area (Å²) in [6, 6.07) is 12.0. The molecule has 0 bridgehead atoms. The molecule has 2 fully saturated rings. The first kappa shape index (κ1) is 19.9. The Balaban J connectivity index is 1.24. The topological polar surface area (TPSA) is 82.6 Å². The fourth-order valence-corrected chi connectivity index (χ4v) is 4.93. The van der Waals surface area contributed by atoms with Crippen LogP contribution in [0.1, 0.15) is 58.8 Å². The Kier molecular flexibility index (Phi) is 5.28. The zero-order valence-corrected chi connectivity index (χ0v) is 17.4. The van der Waals surface area contributed by atoms with Crippen molar-refractivity contribution in [2.75, 3.05) is 13.1 Å². The van der Waals surface area contributed by atoms with Gasteiger partial charge in [0.1, 0.15) is 6.04 Å². The van der Waals surface area contributed by atoms with Gasteiger partial charge in [-0.25, -0.2) is 0 Å². The monoisotopic (exact) mass is 418 g/mol. The number of benzene rings is 1. The van der Waals surface area contributed by atoms with Gasteiger partial charge in [-0.2, -0.15) is 0 Å². The van der Waals surface area contributed by atoms with E-state index in [4.69, 9.17) is 0 Å². The average molecular weight is 418 g/mol. The van der Waals surface area contributed by atoms with Crippen LogP contribution in [0.3, 0.4) is 0 Å². The minimum atomic E-state index is -0.581. The molecule has 7 nitrogen and oxygen atoms in total. The Labute approximate surface area is 181 Å². The molecule has 0 radical (unpaired) electrons. The van der Waals surface area contributed by atoms with Crippen molar-refractivity contribution in [3.8, 4) is 0 Å². The van der Waals surface area contributed by atoms with E-state index in [-0.39, 0.29) is 24.1 Å². The van der Waals surface area contributed by atoms with Crippen LogP contribution in [-0.4, -0.2) is 51.6 Å². The molecule has 1 aromatic carbocycles. The molecule has 160 valence electrons. The zero-order valence-electron chi connectivity index (χ0n) is 17.4. The van der Waals surface area contributed by atoms with Gasteiger partial charge in [-0.05, 0) is 49.5 Å². The standard InChI is InChI=1S/C24H26N4O3/c29-22-7-6-21(23(30)26-22)28-15-18-12-20(25-13-19(18)24(28)31)17-8-10-27(11-9-17)14-16-4-2-1-3-5-16/h1-5,12-13,17,21H,6-11,14-15H2,(H,26,29,30). The molecule has 1 aromatic heterocycles. The van der Waals surface area contributed by atoms with Gasteiger partial charge in [-0.15, -0.1) is 0 Å². The minimum Gasteiger partial charge on any atom is -0.322 e. The van der Waals surface area contributed by atoms with Gasteiger partial charge in [0.25, 0.3) is 5.91 Å². The van der Waals surface area contributed by atoms with Crippen molar-refractivity contribution < 1.29 is 14.4 Å². The van der Waals surface area contributed by atoms with E-state index < -0.39 is 6.04 Å². The number of imide groups is 1. The maximum absolute atomic E-state index is 12.8. The molecular formula is C24H26N4O3. The van der Waals surface area contributed by atoms with Crippen molar-refractivity contribution in [3.63, 3.8) is 0 Å². The number of hydrogen-bond donors (Lipinski definition) is 1. The van der Waals surface area contributed by atoms with E-state index in [0.29, 0.717) is 24.4 Å². The summed E-state index contributed by atoms with van der Waals surface area (Å²) in [6.45, 7) is 3.43. The molecular weight excluding hydrogens is 392 g/mol. The number of likely N-dealkylation sites (tertiary alicyclic amines) is 1. The maximum Gasteiger partial charge on any atom is 0.256 e. The zero-order chi connectivity index (χ0) is 21.4. The highest BCUT2D eigenvalue weighted by molar-refractivity contribution is 6.05. The Morgan fingerprint density at radius 1 is 1.03 bits per heavy atom. The number of carbonyl (C=O) groups excluding carboxylic acids is 3. The lowest BCUT2D eigenvalue weighted by Gasteiger charge is -2.31. The van der Waals surface area contributed by atoms with Crippen LogP contribution in [0, 0.1) is 0 Å². The first-order valence-electron chi connectivity index (χ1n) is 11.0. The number of piperidine rings is 2. The van der Waals surface area contributed by atoms with Gasteiger partial charge in [0.15, 0.2) is 0 Å². The number of rotatable bonds is 4. The highest BCUT2D eigenvalue weighted by Crippen LogP contribution is 2.32. The number of carbonyl (C=O) groups is 3. The second-order valence-electron chi connectivity index (χ2n) is 8.70. The van der Waals surface area contributed by atoms with Crippen LogP contribution in [-0.2, 0) is 22.7 Å². The summed E-state index contributed by atoms with van der Waals surface area (Å²) in [5.41, 5.74) is 3.89. The molecule has 1 atom stereocenters. The lowest BCUT2D eigenvalue weighted by atomic mass is 9.91. The largest absolute Gasteiger partial charge is 0.322 e. The molecule has 1 unspecified atom stereocenters. The number of aromatic nitrogens is 1. The van der Waals surface area contributed by atoms with Gasteiger partial charge < -0.3 is 4.90 Å². The van der Waals surface area contributed by atoms with Crippen molar-refractivity contribution in [1.29, 1.82) is 0 Å². The van der Waals surface area contributed by atoms with E-state index in [1.54, 1.807) is 11.1 Å². The fraction of sp³-hybridized carbons (Fsp3) is 0.417. The quantitative estimate of drug-likeness (QED) is 0.770. The van der Waals surface area contributed by atoms with Crippen LogP contribution < -0.4 is 5.32 Å². The van der Waals surface area contributed by atoms with Crippen molar-refractivity contribution in [3.05, 3.63) is 65.0 Å². The molecule has 1 N–H and O–H groups in total.